The predicted octanol–water partition coefficient (Wildman–Crippen LogP) is 4.49. The Labute approximate surface area is 173 Å². The highest BCUT2D eigenvalue weighted by molar-refractivity contribution is 7.20. The van der Waals surface area contributed by atoms with E-state index in [9.17, 15) is 19.3 Å². The van der Waals surface area contributed by atoms with Crippen LogP contribution < -0.4 is 5.32 Å². The minimum absolute atomic E-state index is 0.0248. The van der Waals surface area contributed by atoms with Crippen LogP contribution in [0.3, 0.4) is 0 Å². The van der Waals surface area contributed by atoms with E-state index in [0.717, 1.165) is 0 Å². The molecule has 4 rings (SSSR count). The average molecular weight is 423 g/mol. The molecule has 2 aromatic carbocycles. The van der Waals surface area contributed by atoms with Crippen LogP contribution in [0.4, 0.5) is 15.9 Å². The molecule has 2 aromatic heterocycles. The molecule has 0 bridgehead atoms. The topological polar surface area (TPSA) is 103 Å². The number of hydrogen-bond donors (Lipinski definition) is 1. The Kier molecular flexibility index (Phi) is 5.07. The van der Waals surface area contributed by atoms with Crippen LogP contribution in [0.5, 0.6) is 0 Å². The number of non-ortho nitro benzene ring substituents is 1. The average Bonchev–Trinajstić information content (AvgIpc) is 3.30. The van der Waals surface area contributed by atoms with E-state index in [4.69, 9.17) is 0 Å². The molecular formula is C20H14FN5O3S. The van der Waals surface area contributed by atoms with Gasteiger partial charge >= 0.3 is 0 Å². The number of nitrogens with one attached hydrogen (secondary N) is 1. The van der Waals surface area contributed by atoms with Crippen LogP contribution in [0.2, 0.25) is 0 Å². The van der Waals surface area contributed by atoms with E-state index in [1.807, 2.05) is 0 Å². The smallest absolute Gasteiger partial charge is 0.269 e. The molecular weight excluding hydrogens is 409 g/mol. The molecule has 2 heterocycles. The van der Waals surface area contributed by atoms with Gasteiger partial charge in [-0.15, -0.1) is 0 Å². The van der Waals surface area contributed by atoms with Gasteiger partial charge in [0.25, 0.3) is 5.69 Å². The zero-order chi connectivity index (χ0) is 21.3. The summed E-state index contributed by atoms with van der Waals surface area (Å²) in [7, 11) is 0. The highest BCUT2D eigenvalue weighted by Crippen LogP contribution is 2.28. The maximum Gasteiger partial charge on any atom is 0.269 e. The van der Waals surface area contributed by atoms with Crippen molar-refractivity contribution >= 4 is 45.0 Å². The van der Waals surface area contributed by atoms with E-state index in [-0.39, 0.29) is 11.2 Å². The third-order valence-electron chi connectivity index (χ3n) is 4.15. The molecule has 0 spiro atoms. The summed E-state index contributed by atoms with van der Waals surface area (Å²) in [6.07, 6.45) is 2.85. The summed E-state index contributed by atoms with van der Waals surface area (Å²) >= 11 is 1.26. The van der Waals surface area contributed by atoms with E-state index in [1.165, 1.54) is 40.3 Å². The molecule has 0 aliphatic carbocycles. The zero-order valence-corrected chi connectivity index (χ0v) is 16.4. The van der Waals surface area contributed by atoms with Crippen LogP contribution in [-0.2, 0) is 4.79 Å². The van der Waals surface area contributed by atoms with E-state index in [0.29, 0.717) is 26.9 Å². The van der Waals surface area contributed by atoms with E-state index in [1.54, 1.807) is 43.3 Å². The first-order valence-corrected chi connectivity index (χ1v) is 9.58. The largest absolute Gasteiger partial charge is 0.307 e. The molecule has 150 valence electrons. The lowest BCUT2D eigenvalue weighted by atomic mass is 10.2. The van der Waals surface area contributed by atoms with Gasteiger partial charge in [0.05, 0.1) is 15.3 Å². The summed E-state index contributed by atoms with van der Waals surface area (Å²) in [5.74, 6) is -0.442. The van der Waals surface area contributed by atoms with E-state index in [2.05, 4.69) is 15.4 Å². The molecule has 0 radical (unpaired) electrons. The van der Waals surface area contributed by atoms with Crippen molar-refractivity contribution in [1.82, 2.24) is 14.8 Å². The molecule has 1 amide bonds. The van der Waals surface area contributed by atoms with Gasteiger partial charge in [-0.25, -0.2) is 9.37 Å². The van der Waals surface area contributed by atoms with Crippen LogP contribution in [0.25, 0.3) is 21.4 Å². The molecule has 0 saturated heterocycles. The number of aryl methyl sites for hydroxylation is 1. The van der Waals surface area contributed by atoms with E-state index >= 15 is 0 Å². The maximum absolute atomic E-state index is 14.0. The first-order valence-electron chi connectivity index (χ1n) is 8.76. The number of rotatable bonds is 5. The molecule has 8 nitrogen and oxygen atoms in total. The number of aromatic nitrogens is 3. The number of fused-ring (bicyclic) bond motifs is 1. The van der Waals surface area contributed by atoms with Gasteiger partial charge in [0, 0.05) is 24.3 Å². The Bertz CT molecular complexity index is 1290. The number of nitrogens with zero attached hydrogens (tertiary/aromatic N) is 4. The predicted molar refractivity (Wildman–Crippen MR) is 112 cm³/mol. The van der Waals surface area contributed by atoms with Gasteiger partial charge in [0.2, 0.25) is 11.0 Å². The normalized spacial score (nSPS) is 11.3. The summed E-state index contributed by atoms with van der Waals surface area (Å²) in [4.78, 5) is 26.9. The molecule has 10 heteroatoms. The molecule has 0 saturated carbocycles. The van der Waals surface area contributed by atoms with Gasteiger partial charge in [-0.2, -0.15) is 9.78 Å². The van der Waals surface area contributed by atoms with Gasteiger partial charge in [0.1, 0.15) is 17.2 Å². The quantitative estimate of drug-likeness (QED) is 0.289. The zero-order valence-electron chi connectivity index (χ0n) is 15.6. The van der Waals surface area contributed by atoms with Crippen molar-refractivity contribution in [2.24, 2.45) is 0 Å². The second-order valence-electron chi connectivity index (χ2n) is 6.34. The number of hydrogen-bond acceptors (Lipinski definition) is 6. The lowest BCUT2D eigenvalue weighted by Crippen LogP contribution is -2.12. The highest BCUT2D eigenvalue weighted by atomic mass is 32.1. The highest BCUT2D eigenvalue weighted by Gasteiger charge is 2.15. The number of carbonyl (C=O) groups is 1. The second-order valence-corrected chi connectivity index (χ2v) is 7.35. The fourth-order valence-electron chi connectivity index (χ4n) is 2.78. The summed E-state index contributed by atoms with van der Waals surface area (Å²) in [6, 6.07) is 12.2. The number of halogens is 1. The van der Waals surface area contributed by atoms with Gasteiger partial charge < -0.3 is 5.32 Å². The van der Waals surface area contributed by atoms with Crippen molar-refractivity contribution in [3.63, 3.8) is 0 Å². The number of thiazole rings is 1. The van der Waals surface area contributed by atoms with Crippen molar-refractivity contribution in [3.8, 4) is 5.13 Å². The van der Waals surface area contributed by atoms with Gasteiger partial charge in [-0.3, -0.25) is 14.9 Å². The number of carbonyl (C=O) groups excluding carboxylic acids is 1. The lowest BCUT2D eigenvalue weighted by Gasteiger charge is -2.04. The Hall–Kier alpha value is -3.92. The van der Waals surface area contributed by atoms with Crippen molar-refractivity contribution in [1.29, 1.82) is 0 Å². The Morgan fingerprint density at radius 3 is 2.73 bits per heavy atom. The van der Waals surface area contributed by atoms with Crippen molar-refractivity contribution in [2.45, 2.75) is 6.92 Å². The van der Waals surface area contributed by atoms with Crippen LogP contribution in [0.1, 0.15) is 11.3 Å². The Morgan fingerprint density at radius 1 is 1.27 bits per heavy atom. The van der Waals surface area contributed by atoms with Gasteiger partial charge in [0.15, 0.2) is 0 Å². The summed E-state index contributed by atoms with van der Waals surface area (Å²) < 4.78 is 16.1. The van der Waals surface area contributed by atoms with Crippen LogP contribution in [0.15, 0.2) is 54.6 Å². The number of anilines is 1. The van der Waals surface area contributed by atoms with E-state index < -0.39 is 16.6 Å². The van der Waals surface area contributed by atoms with Crippen molar-refractivity contribution < 1.29 is 14.1 Å². The van der Waals surface area contributed by atoms with Crippen molar-refractivity contribution in [3.05, 3.63) is 81.8 Å². The second kappa shape index (κ2) is 7.84. The molecule has 0 fully saturated rings. The fourth-order valence-corrected chi connectivity index (χ4v) is 3.72. The lowest BCUT2D eigenvalue weighted by molar-refractivity contribution is -0.384. The molecule has 0 aliphatic rings. The summed E-state index contributed by atoms with van der Waals surface area (Å²) in [6.45, 7) is 1.77. The third-order valence-corrected chi connectivity index (χ3v) is 5.15. The number of para-hydroxylation sites is 1. The third kappa shape index (κ3) is 3.94. The minimum Gasteiger partial charge on any atom is -0.307 e. The number of nitro groups is 1. The van der Waals surface area contributed by atoms with Crippen LogP contribution in [-0.4, -0.2) is 25.6 Å². The fraction of sp³-hybridized carbons (Fsp3) is 0.0500. The SMILES string of the molecule is Cc1cc(NC(=O)/C=C/c2ccc([N+](=O)[O-])cc2)n(-c2nc3c(F)cccc3s2)n1. The number of benzene rings is 2. The molecule has 0 atom stereocenters. The van der Waals surface area contributed by atoms with Crippen molar-refractivity contribution in [2.75, 3.05) is 5.32 Å². The Balaban J connectivity index is 1.55. The van der Waals surface area contributed by atoms with Gasteiger partial charge in [-0.05, 0) is 42.8 Å². The summed E-state index contributed by atoms with van der Waals surface area (Å²) in [5, 5.41) is 18.2. The molecule has 30 heavy (non-hydrogen) atoms. The number of nitro benzene ring substituents is 1. The molecule has 0 aliphatic heterocycles. The molecule has 4 aromatic rings. The standard InChI is InChI=1S/C20H14FN5O3S/c1-12-11-17(22-18(27)10-7-13-5-8-14(9-6-13)26(28)29)25(24-12)20-23-19-15(21)3-2-4-16(19)30-20/h2-11H,1H3,(H,22,27)/b10-7+. The Morgan fingerprint density at radius 2 is 2.03 bits per heavy atom. The van der Waals surface area contributed by atoms with Crippen LogP contribution in [0, 0.1) is 22.9 Å². The number of amides is 1. The maximum atomic E-state index is 14.0. The first-order chi connectivity index (χ1) is 14.4. The van der Waals surface area contributed by atoms with Gasteiger partial charge in [-0.1, -0.05) is 17.4 Å². The molecule has 0 unspecified atom stereocenters. The molecule has 1 N–H and O–H groups in total. The monoisotopic (exact) mass is 423 g/mol. The first kappa shape index (κ1) is 19.4. The van der Waals surface area contributed by atoms with Crippen LogP contribution >= 0.6 is 11.3 Å². The summed E-state index contributed by atoms with van der Waals surface area (Å²) in [5.41, 5.74) is 1.52. The minimum atomic E-state index is -0.488.